The molecule has 2 unspecified atom stereocenters. The number of carbonyl (C=O) groups excluding carboxylic acids is 1. The summed E-state index contributed by atoms with van der Waals surface area (Å²) in [5.74, 6) is 0.907. The number of halogens is 1. The Bertz CT molecular complexity index is 1010. The maximum Gasteiger partial charge on any atom is 0.320 e. The summed E-state index contributed by atoms with van der Waals surface area (Å²) in [6, 6.07) is 7.52. The number of urea groups is 1. The summed E-state index contributed by atoms with van der Waals surface area (Å²) in [6.07, 6.45) is 4.84. The van der Waals surface area contributed by atoms with Gasteiger partial charge in [0.15, 0.2) is 5.82 Å². The minimum Gasteiger partial charge on any atom is -0.370 e. The lowest BCUT2D eigenvalue weighted by Crippen LogP contribution is -2.42. The quantitative estimate of drug-likeness (QED) is 0.707. The van der Waals surface area contributed by atoms with E-state index in [1.165, 1.54) is 12.1 Å². The number of aryl methyl sites for hydroxylation is 2. The molecule has 29 heavy (non-hydrogen) atoms. The Balaban J connectivity index is 1.39. The number of nitrogens with zero attached hydrogens (tertiary/aromatic N) is 4. The number of nitrogens with one attached hydrogen (secondary N) is 2. The Morgan fingerprint density at radius 2 is 2.21 bits per heavy atom. The number of anilines is 1. The highest BCUT2D eigenvalue weighted by Crippen LogP contribution is 2.26. The SMILES string of the molecule is Cc1cc(NC(=O)NC2CCOC(c3nccn3C)C2)nn1-c1cccc(F)c1. The van der Waals surface area contributed by atoms with Crippen LogP contribution >= 0.6 is 0 Å². The molecule has 2 N–H and O–H groups in total. The molecule has 2 amide bonds. The molecule has 0 saturated carbocycles. The standard InChI is InChI=1S/C20H23FN6O2/c1-13-10-18(25-27(13)16-5-3-4-14(21)11-16)24-20(28)23-15-6-9-29-17(12-15)19-22-7-8-26(19)2/h3-5,7-8,10-11,15,17H,6,9,12H2,1-2H3,(H2,23,24,25,28). The first-order chi connectivity index (χ1) is 14.0. The normalized spacial score (nSPS) is 19.1. The molecule has 152 valence electrons. The number of imidazole rings is 1. The van der Waals surface area contributed by atoms with Crippen LogP contribution in [0.4, 0.5) is 15.0 Å². The van der Waals surface area contributed by atoms with Gasteiger partial charge in [-0.15, -0.1) is 5.10 Å². The first kappa shape index (κ1) is 19.1. The molecule has 3 heterocycles. The minimum atomic E-state index is -0.341. The summed E-state index contributed by atoms with van der Waals surface area (Å²) in [5, 5.41) is 10.1. The Labute approximate surface area is 167 Å². The summed E-state index contributed by atoms with van der Waals surface area (Å²) >= 11 is 0. The zero-order valence-corrected chi connectivity index (χ0v) is 16.3. The van der Waals surface area contributed by atoms with Gasteiger partial charge in [0.1, 0.15) is 17.7 Å². The fraction of sp³-hybridized carbons (Fsp3) is 0.350. The lowest BCUT2D eigenvalue weighted by molar-refractivity contribution is -0.00410. The number of ether oxygens (including phenoxy) is 1. The predicted octanol–water partition coefficient (Wildman–Crippen LogP) is 3.10. The van der Waals surface area contributed by atoms with Crippen LogP contribution in [0.15, 0.2) is 42.7 Å². The van der Waals surface area contributed by atoms with Crippen LogP contribution in [-0.4, -0.2) is 38.0 Å². The molecule has 0 bridgehead atoms. The molecular weight excluding hydrogens is 375 g/mol. The molecule has 8 nitrogen and oxygen atoms in total. The van der Waals surface area contributed by atoms with E-state index in [4.69, 9.17) is 4.74 Å². The number of carbonyl (C=O) groups is 1. The third kappa shape index (κ3) is 4.29. The molecule has 0 spiro atoms. The average molecular weight is 398 g/mol. The van der Waals surface area contributed by atoms with Gasteiger partial charge >= 0.3 is 6.03 Å². The minimum absolute atomic E-state index is 0.0307. The maximum absolute atomic E-state index is 13.5. The third-order valence-corrected chi connectivity index (χ3v) is 4.95. The molecule has 3 aromatic rings. The second-order valence-electron chi connectivity index (χ2n) is 7.14. The number of benzene rings is 1. The molecule has 1 fully saturated rings. The monoisotopic (exact) mass is 398 g/mol. The fourth-order valence-corrected chi connectivity index (χ4v) is 3.54. The van der Waals surface area contributed by atoms with Crippen LogP contribution in [0.1, 0.15) is 30.5 Å². The molecule has 1 saturated heterocycles. The number of amides is 2. The van der Waals surface area contributed by atoms with Crippen LogP contribution in [-0.2, 0) is 11.8 Å². The van der Waals surface area contributed by atoms with Crippen LogP contribution in [0.3, 0.4) is 0 Å². The number of aromatic nitrogens is 4. The second-order valence-corrected chi connectivity index (χ2v) is 7.14. The van der Waals surface area contributed by atoms with Crippen molar-refractivity contribution >= 4 is 11.8 Å². The highest BCUT2D eigenvalue weighted by molar-refractivity contribution is 5.88. The molecule has 0 aliphatic carbocycles. The molecule has 2 aromatic heterocycles. The van der Waals surface area contributed by atoms with Crippen LogP contribution in [0, 0.1) is 12.7 Å². The van der Waals surface area contributed by atoms with E-state index >= 15 is 0 Å². The zero-order chi connectivity index (χ0) is 20.4. The van der Waals surface area contributed by atoms with Gasteiger partial charge in [0.05, 0.1) is 5.69 Å². The highest BCUT2D eigenvalue weighted by atomic mass is 19.1. The van der Waals surface area contributed by atoms with Crippen molar-refractivity contribution in [2.45, 2.75) is 31.9 Å². The third-order valence-electron chi connectivity index (χ3n) is 4.95. The van der Waals surface area contributed by atoms with E-state index in [9.17, 15) is 9.18 Å². The molecule has 2 atom stereocenters. The highest BCUT2D eigenvalue weighted by Gasteiger charge is 2.27. The van der Waals surface area contributed by atoms with E-state index in [-0.39, 0.29) is 24.0 Å². The number of hydrogen-bond donors (Lipinski definition) is 2. The van der Waals surface area contributed by atoms with Gasteiger partial charge in [-0.2, -0.15) is 0 Å². The van der Waals surface area contributed by atoms with Crippen molar-refractivity contribution in [2.24, 2.45) is 7.05 Å². The van der Waals surface area contributed by atoms with Gasteiger partial charge in [-0.05, 0) is 31.5 Å². The summed E-state index contributed by atoms with van der Waals surface area (Å²) in [5.41, 5.74) is 1.38. The Morgan fingerprint density at radius 1 is 1.34 bits per heavy atom. The van der Waals surface area contributed by atoms with E-state index in [2.05, 4.69) is 20.7 Å². The van der Waals surface area contributed by atoms with E-state index in [0.29, 0.717) is 24.5 Å². The van der Waals surface area contributed by atoms with Crippen LogP contribution in [0.25, 0.3) is 5.69 Å². The zero-order valence-electron chi connectivity index (χ0n) is 16.3. The molecule has 1 aliphatic rings. The van der Waals surface area contributed by atoms with Gasteiger partial charge in [0.25, 0.3) is 0 Å². The van der Waals surface area contributed by atoms with Crippen molar-refractivity contribution in [2.75, 3.05) is 11.9 Å². The average Bonchev–Trinajstić information content (AvgIpc) is 3.27. The fourth-order valence-electron chi connectivity index (χ4n) is 3.54. The van der Waals surface area contributed by atoms with Gasteiger partial charge in [-0.1, -0.05) is 6.07 Å². The summed E-state index contributed by atoms with van der Waals surface area (Å²) < 4.78 is 22.8. The number of rotatable bonds is 4. The lowest BCUT2D eigenvalue weighted by Gasteiger charge is -2.29. The van der Waals surface area contributed by atoms with Crippen LogP contribution in [0.2, 0.25) is 0 Å². The first-order valence-corrected chi connectivity index (χ1v) is 9.48. The van der Waals surface area contributed by atoms with Gasteiger partial charge in [-0.25, -0.2) is 18.9 Å². The summed E-state index contributed by atoms with van der Waals surface area (Å²) in [7, 11) is 1.92. The Hall–Kier alpha value is -3.20. The second kappa shape index (κ2) is 8.04. The number of hydrogen-bond acceptors (Lipinski definition) is 4. The molecule has 1 aliphatic heterocycles. The molecule has 9 heteroatoms. The van der Waals surface area contributed by atoms with Crippen molar-refractivity contribution in [1.29, 1.82) is 0 Å². The van der Waals surface area contributed by atoms with Crippen LogP contribution in [0.5, 0.6) is 0 Å². The predicted molar refractivity (Wildman–Crippen MR) is 105 cm³/mol. The van der Waals surface area contributed by atoms with Gasteiger partial charge in [0, 0.05) is 50.3 Å². The molecule has 4 rings (SSSR count). The van der Waals surface area contributed by atoms with E-state index in [1.54, 1.807) is 29.1 Å². The maximum atomic E-state index is 13.5. The van der Waals surface area contributed by atoms with Gasteiger partial charge in [-0.3, -0.25) is 5.32 Å². The van der Waals surface area contributed by atoms with Crippen molar-refractivity contribution in [1.82, 2.24) is 24.6 Å². The summed E-state index contributed by atoms with van der Waals surface area (Å²) in [4.78, 5) is 16.8. The van der Waals surface area contributed by atoms with E-state index in [1.807, 2.05) is 24.7 Å². The van der Waals surface area contributed by atoms with Crippen molar-refractivity contribution in [3.05, 3.63) is 60.1 Å². The van der Waals surface area contributed by atoms with E-state index < -0.39 is 0 Å². The van der Waals surface area contributed by atoms with E-state index in [0.717, 1.165) is 17.9 Å². The summed E-state index contributed by atoms with van der Waals surface area (Å²) in [6.45, 7) is 2.40. The van der Waals surface area contributed by atoms with Crippen LogP contribution < -0.4 is 10.6 Å². The Morgan fingerprint density at radius 3 is 2.97 bits per heavy atom. The van der Waals surface area contributed by atoms with Gasteiger partial charge in [0.2, 0.25) is 0 Å². The van der Waals surface area contributed by atoms with Crippen molar-refractivity contribution in [3.63, 3.8) is 0 Å². The van der Waals surface area contributed by atoms with Crippen molar-refractivity contribution < 1.29 is 13.9 Å². The lowest BCUT2D eigenvalue weighted by atomic mass is 10.0. The van der Waals surface area contributed by atoms with Gasteiger partial charge < -0.3 is 14.6 Å². The van der Waals surface area contributed by atoms with Crippen molar-refractivity contribution in [3.8, 4) is 5.69 Å². The molecule has 0 radical (unpaired) electrons. The Kier molecular flexibility index (Phi) is 5.30. The molecular formula is C20H23FN6O2. The largest absolute Gasteiger partial charge is 0.370 e. The molecule has 1 aromatic carbocycles. The topological polar surface area (TPSA) is 86.0 Å². The smallest absolute Gasteiger partial charge is 0.320 e. The first-order valence-electron chi connectivity index (χ1n) is 9.48.